The molecule has 0 spiro atoms. The zero-order valence-corrected chi connectivity index (χ0v) is 14.9. The van der Waals surface area contributed by atoms with Crippen LogP contribution in [-0.4, -0.2) is 30.4 Å². The van der Waals surface area contributed by atoms with Crippen molar-refractivity contribution in [1.82, 2.24) is 10.3 Å². The van der Waals surface area contributed by atoms with Gasteiger partial charge in [-0.25, -0.2) is 4.98 Å². The van der Waals surface area contributed by atoms with Crippen LogP contribution in [0.25, 0.3) is 0 Å². The van der Waals surface area contributed by atoms with Gasteiger partial charge in [0.2, 0.25) is 5.88 Å². The number of pyridine rings is 1. The number of benzene rings is 1. The summed E-state index contributed by atoms with van der Waals surface area (Å²) in [4.78, 5) is 4.12. The minimum atomic E-state index is 0.579. The van der Waals surface area contributed by atoms with E-state index in [0.29, 0.717) is 17.6 Å². The molecule has 128 valence electrons. The van der Waals surface area contributed by atoms with Gasteiger partial charge in [-0.05, 0) is 55.7 Å². The third-order valence-corrected chi connectivity index (χ3v) is 3.61. The molecule has 0 saturated carbocycles. The summed E-state index contributed by atoms with van der Waals surface area (Å²) in [5, 5.41) is 6.89. The van der Waals surface area contributed by atoms with Crippen LogP contribution in [0.3, 0.4) is 0 Å². The Morgan fingerprint density at radius 2 is 1.96 bits per heavy atom. The molecule has 0 bridgehead atoms. The molecule has 5 nitrogen and oxygen atoms in total. The minimum Gasteiger partial charge on any atom is -0.494 e. The number of thiocarbonyl (C=S) groups is 1. The van der Waals surface area contributed by atoms with Crippen LogP contribution in [0.1, 0.15) is 18.9 Å². The predicted octanol–water partition coefficient (Wildman–Crippen LogP) is 3.41. The Balaban J connectivity index is 1.66. The first-order valence-corrected chi connectivity index (χ1v) is 8.38. The molecule has 24 heavy (non-hydrogen) atoms. The van der Waals surface area contributed by atoms with Gasteiger partial charge in [-0.15, -0.1) is 0 Å². The van der Waals surface area contributed by atoms with Gasteiger partial charge in [0, 0.05) is 12.6 Å². The van der Waals surface area contributed by atoms with Gasteiger partial charge in [0.1, 0.15) is 5.75 Å². The van der Waals surface area contributed by atoms with E-state index in [0.717, 1.165) is 30.8 Å². The highest BCUT2D eigenvalue weighted by atomic mass is 32.1. The van der Waals surface area contributed by atoms with Crippen molar-refractivity contribution in [2.45, 2.75) is 19.8 Å². The lowest BCUT2D eigenvalue weighted by atomic mass is 10.1. The minimum absolute atomic E-state index is 0.579. The number of aromatic nitrogens is 1. The first-order valence-electron chi connectivity index (χ1n) is 7.98. The summed E-state index contributed by atoms with van der Waals surface area (Å²) < 4.78 is 10.5. The number of anilines is 1. The van der Waals surface area contributed by atoms with Gasteiger partial charge >= 0.3 is 0 Å². The van der Waals surface area contributed by atoms with Gasteiger partial charge in [-0.2, -0.15) is 0 Å². The summed E-state index contributed by atoms with van der Waals surface area (Å²) in [5.41, 5.74) is 2.12. The quantitative estimate of drug-likeness (QED) is 0.565. The van der Waals surface area contributed by atoms with E-state index in [9.17, 15) is 0 Å². The number of methoxy groups -OCH3 is 1. The van der Waals surface area contributed by atoms with Crippen molar-refractivity contribution in [1.29, 1.82) is 0 Å². The van der Waals surface area contributed by atoms with Gasteiger partial charge in [0.25, 0.3) is 0 Å². The number of rotatable bonds is 8. The molecular weight excluding hydrogens is 322 g/mol. The normalized spacial score (nSPS) is 10.1. The zero-order valence-electron chi connectivity index (χ0n) is 14.0. The maximum atomic E-state index is 5.44. The van der Waals surface area contributed by atoms with Crippen molar-refractivity contribution in [3.05, 3.63) is 48.2 Å². The number of hydrogen-bond acceptors (Lipinski definition) is 4. The SMILES string of the molecule is CCOc1ccc(CCCNC(=S)Nc2ccc(OC)nc2)cc1. The molecule has 0 aliphatic rings. The first kappa shape index (κ1) is 18.0. The molecule has 2 aromatic rings. The molecule has 0 unspecified atom stereocenters. The zero-order chi connectivity index (χ0) is 17.2. The second kappa shape index (κ2) is 9.72. The predicted molar refractivity (Wildman–Crippen MR) is 101 cm³/mol. The Kier molecular flexibility index (Phi) is 7.29. The van der Waals surface area contributed by atoms with E-state index in [1.165, 1.54) is 5.56 Å². The number of nitrogens with one attached hydrogen (secondary N) is 2. The smallest absolute Gasteiger partial charge is 0.213 e. The standard InChI is InChI=1S/C18H23N3O2S/c1-3-23-16-9-6-14(7-10-16)5-4-12-19-18(24)21-15-8-11-17(22-2)20-13-15/h6-11,13H,3-5,12H2,1-2H3,(H2,19,21,24). The van der Waals surface area contributed by atoms with Crippen molar-refractivity contribution in [3.63, 3.8) is 0 Å². The molecule has 0 radical (unpaired) electrons. The van der Waals surface area contributed by atoms with Crippen LogP contribution >= 0.6 is 12.2 Å². The van der Waals surface area contributed by atoms with Crippen LogP contribution in [0, 0.1) is 0 Å². The Bertz CT molecular complexity index is 630. The van der Waals surface area contributed by atoms with E-state index < -0.39 is 0 Å². The summed E-state index contributed by atoms with van der Waals surface area (Å²) in [6.07, 6.45) is 3.68. The lowest BCUT2D eigenvalue weighted by molar-refractivity contribution is 0.340. The van der Waals surface area contributed by atoms with Crippen LogP contribution in [0.2, 0.25) is 0 Å². The van der Waals surface area contributed by atoms with E-state index in [4.69, 9.17) is 21.7 Å². The average molecular weight is 345 g/mol. The summed E-state index contributed by atoms with van der Waals surface area (Å²) in [7, 11) is 1.59. The number of aryl methyl sites for hydroxylation is 1. The lowest BCUT2D eigenvalue weighted by Gasteiger charge is -2.10. The van der Waals surface area contributed by atoms with Gasteiger partial charge < -0.3 is 20.1 Å². The van der Waals surface area contributed by atoms with Crippen molar-refractivity contribution >= 4 is 23.0 Å². The maximum absolute atomic E-state index is 5.44. The molecule has 0 saturated heterocycles. The Morgan fingerprint density at radius 1 is 1.17 bits per heavy atom. The van der Waals surface area contributed by atoms with Crippen LogP contribution in [0.5, 0.6) is 11.6 Å². The average Bonchev–Trinajstić information content (AvgIpc) is 2.61. The molecular formula is C18H23N3O2S. The fraction of sp³-hybridized carbons (Fsp3) is 0.333. The monoisotopic (exact) mass is 345 g/mol. The Hall–Kier alpha value is -2.34. The van der Waals surface area contributed by atoms with Gasteiger partial charge in [0.05, 0.1) is 25.6 Å². The summed E-state index contributed by atoms with van der Waals surface area (Å²) in [6, 6.07) is 11.9. The van der Waals surface area contributed by atoms with Gasteiger partial charge in [-0.1, -0.05) is 12.1 Å². The van der Waals surface area contributed by atoms with Gasteiger partial charge in [-0.3, -0.25) is 0 Å². The van der Waals surface area contributed by atoms with Crippen LogP contribution in [-0.2, 0) is 6.42 Å². The largest absolute Gasteiger partial charge is 0.494 e. The lowest BCUT2D eigenvalue weighted by Crippen LogP contribution is -2.29. The Labute approximate surface area is 148 Å². The van der Waals surface area contributed by atoms with Crippen molar-refractivity contribution < 1.29 is 9.47 Å². The molecule has 2 N–H and O–H groups in total. The van der Waals surface area contributed by atoms with E-state index in [1.807, 2.05) is 25.1 Å². The second-order valence-corrected chi connectivity index (χ2v) is 5.56. The van der Waals surface area contributed by atoms with Crippen molar-refractivity contribution in [2.24, 2.45) is 0 Å². The van der Waals surface area contributed by atoms with E-state index in [-0.39, 0.29) is 0 Å². The molecule has 0 amide bonds. The molecule has 2 rings (SSSR count). The number of hydrogen-bond donors (Lipinski definition) is 2. The highest BCUT2D eigenvalue weighted by Gasteiger charge is 2.00. The Morgan fingerprint density at radius 3 is 2.58 bits per heavy atom. The van der Waals surface area contributed by atoms with Crippen molar-refractivity contribution in [2.75, 3.05) is 25.6 Å². The summed E-state index contributed by atoms with van der Waals surface area (Å²) >= 11 is 5.28. The van der Waals surface area contributed by atoms with Gasteiger partial charge in [0.15, 0.2) is 5.11 Å². The van der Waals surface area contributed by atoms with E-state index >= 15 is 0 Å². The first-order chi connectivity index (χ1) is 11.7. The van der Waals surface area contributed by atoms with E-state index in [2.05, 4.69) is 27.8 Å². The molecule has 0 atom stereocenters. The van der Waals surface area contributed by atoms with Crippen molar-refractivity contribution in [3.8, 4) is 11.6 Å². The second-order valence-electron chi connectivity index (χ2n) is 5.15. The molecule has 0 aliphatic heterocycles. The van der Waals surface area contributed by atoms with Crippen LogP contribution in [0.4, 0.5) is 5.69 Å². The third kappa shape index (κ3) is 6.04. The summed E-state index contributed by atoms with van der Waals surface area (Å²) in [5.74, 6) is 1.49. The van der Waals surface area contributed by atoms with Crippen LogP contribution in [0.15, 0.2) is 42.6 Å². The molecule has 0 fully saturated rings. The molecule has 1 aromatic heterocycles. The van der Waals surface area contributed by atoms with Crippen LogP contribution < -0.4 is 20.1 Å². The highest BCUT2D eigenvalue weighted by Crippen LogP contribution is 2.13. The van der Waals surface area contributed by atoms with E-state index in [1.54, 1.807) is 19.4 Å². The highest BCUT2D eigenvalue weighted by molar-refractivity contribution is 7.80. The fourth-order valence-corrected chi connectivity index (χ4v) is 2.38. The molecule has 6 heteroatoms. The molecule has 0 aliphatic carbocycles. The number of nitrogens with zero attached hydrogens (tertiary/aromatic N) is 1. The maximum Gasteiger partial charge on any atom is 0.213 e. The summed E-state index contributed by atoms with van der Waals surface area (Å²) in [6.45, 7) is 3.48. The topological polar surface area (TPSA) is 55.4 Å². The molecule has 1 aromatic carbocycles. The fourth-order valence-electron chi connectivity index (χ4n) is 2.16. The molecule has 1 heterocycles. The number of ether oxygens (including phenoxy) is 2. The third-order valence-electron chi connectivity index (χ3n) is 3.37.